The minimum atomic E-state index is -0.394. The van der Waals surface area contributed by atoms with Crippen molar-refractivity contribution in [1.29, 1.82) is 0 Å². The van der Waals surface area contributed by atoms with Crippen LogP contribution in [0.25, 0.3) is 0 Å². The molecule has 182 valence electrons. The van der Waals surface area contributed by atoms with Gasteiger partial charge >= 0.3 is 0 Å². The van der Waals surface area contributed by atoms with Crippen LogP contribution in [0, 0.1) is 11.7 Å². The summed E-state index contributed by atoms with van der Waals surface area (Å²) in [6.07, 6.45) is 2.90. The third-order valence-electron chi connectivity index (χ3n) is 6.52. The number of thiophene rings is 1. The summed E-state index contributed by atoms with van der Waals surface area (Å²) in [4.78, 5) is 31.5. The van der Waals surface area contributed by atoms with Crippen molar-refractivity contribution in [3.05, 3.63) is 86.8 Å². The van der Waals surface area contributed by atoms with Crippen LogP contribution in [0.1, 0.15) is 39.7 Å². The zero-order valence-corrected chi connectivity index (χ0v) is 20.7. The van der Waals surface area contributed by atoms with Crippen LogP contribution in [0.3, 0.4) is 0 Å². The first kappa shape index (κ1) is 23.8. The number of rotatable bonds is 8. The smallest absolute Gasteiger partial charge is 0.254 e. The molecule has 0 radical (unpaired) electrons. The maximum atomic E-state index is 13.6. The lowest BCUT2D eigenvalue weighted by atomic mass is 10.0. The SMILES string of the molecule is O=C(c1ccc(F)cc1)N(CC(=O)N1CCc2sccc2[C@@H]1COc1ccc(Cl)cc1)CC1CC1. The zero-order valence-electron chi connectivity index (χ0n) is 19.2. The Morgan fingerprint density at radius 2 is 1.83 bits per heavy atom. The second-order valence-electron chi connectivity index (χ2n) is 9.05. The van der Waals surface area contributed by atoms with Crippen molar-refractivity contribution in [3.8, 4) is 5.75 Å². The first-order valence-corrected chi connectivity index (χ1v) is 13.0. The van der Waals surface area contributed by atoms with Crippen molar-refractivity contribution < 1.29 is 18.7 Å². The number of hydrogen-bond donors (Lipinski definition) is 0. The summed E-state index contributed by atoms with van der Waals surface area (Å²) in [5.41, 5.74) is 1.49. The molecule has 0 saturated heterocycles. The predicted molar refractivity (Wildman–Crippen MR) is 134 cm³/mol. The molecule has 3 aromatic rings. The van der Waals surface area contributed by atoms with Crippen LogP contribution < -0.4 is 4.74 Å². The van der Waals surface area contributed by atoms with Gasteiger partial charge in [0.25, 0.3) is 5.91 Å². The van der Waals surface area contributed by atoms with Crippen LogP contribution in [0.15, 0.2) is 60.0 Å². The van der Waals surface area contributed by atoms with E-state index in [0.29, 0.717) is 41.9 Å². The first-order valence-electron chi connectivity index (χ1n) is 11.8. The standard InChI is InChI=1S/C27H26ClFN2O3S/c28-20-5-9-22(10-6-20)34-17-24-23-12-14-35-25(23)11-13-31(24)26(32)16-30(15-18-1-2-18)27(33)19-3-7-21(29)8-4-19/h3-10,12,14,18,24H,1-2,11,13,15-17H2/t24-/m0/s1. The lowest BCUT2D eigenvalue weighted by Gasteiger charge is -2.37. The molecule has 1 fully saturated rings. The van der Waals surface area contributed by atoms with Crippen molar-refractivity contribution in [3.63, 3.8) is 0 Å². The van der Waals surface area contributed by atoms with Gasteiger partial charge in [-0.05, 0) is 90.7 Å². The molecule has 0 spiro atoms. The summed E-state index contributed by atoms with van der Waals surface area (Å²) in [5, 5.41) is 2.68. The number of halogens is 2. The second kappa shape index (κ2) is 10.4. The van der Waals surface area contributed by atoms with Crippen molar-refractivity contribution in [2.75, 3.05) is 26.2 Å². The van der Waals surface area contributed by atoms with Crippen LogP contribution in [-0.2, 0) is 11.2 Å². The normalized spacial score (nSPS) is 17.1. The minimum Gasteiger partial charge on any atom is -0.491 e. The van der Waals surface area contributed by atoms with Gasteiger partial charge in [-0.25, -0.2) is 4.39 Å². The van der Waals surface area contributed by atoms with Crippen LogP contribution in [-0.4, -0.2) is 47.9 Å². The van der Waals surface area contributed by atoms with E-state index in [9.17, 15) is 14.0 Å². The molecule has 2 aliphatic rings. The largest absolute Gasteiger partial charge is 0.491 e. The Bertz CT molecular complexity index is 1190. The molecule has 1 aromatic heterocycles. The van der Waals surface area contributed by atoms with Crippen LogP contribution in [0.4, 0.5) is 4.39 Å². The van der Waals surface area contributed by atoms with E-state index in [1.54, 1.807) is 28.4 Å². The van der Waals surface area contributed by atoms with Crippen molar-refractivity contribution in [2.24, 2.45) is 5.92 Å². The molecule has 2 amide bonds. The van der Waals surface area contributed by atoms with E-state index in [-0.39, 0.29) is 24.4 Å². The number of fused-ring (bicyclic) bond motifs is 1. The molecule has 35 heavy (non-hydrogen) atoms. The Morgan fingerprint density at radius 1 is 1.09 bits per heavy atom. The average Bonchev–Trinajstić information content (AvgIpc) is 3.55. The quantitative estimate of drug-likeness (QED) is 0.395. The molecule has 1 saturated carbocycles. The maximum Gasteiger partial charge on any atom is 0.254 e. The van der Waals surface area contributed by atoms with Gasteiger partial charge in [-0.15, -0.1) is 11.3 Å². The Balaban J connectivity index is 1.33. The predicted octanol–water partition coefficient (Wildman–Crippen LogP) is 5.60. The molecule has 8 heteroatoms. The van der Waals surface area contributed by atoms with E-state index in [1.807, 2.05) is 22.4 Å². The molecule has 0 unspecified atom stereocenters. The summed E-state index contributed by atoms with van der Waals surface area (Å²) >= 11 is 7.68. The molecule has 2 heterocycles. The maximum absolute atomic E-state index is 13.6. The minimum absolute atomic E-state index is 0.0103. The molecular formula is C27H26ClFN2O3S. The summed E-state index contributed by atoms with van der Waals surface area (Å²) in [6, 6.07) is 14.5. The number of ether oxygens (including phenoxy) is 1. The molecule has 0 bridgehead atoms. The number of benzene rings is 2. The van der Waals surface area contributed by atoms with E-state index < -0.39 is 5.82 Å². The number of amides is 2. The Kier molecular flexibility index (Phi) is 7.07. The summed E-state index contributed by atoms with van der Waals surface area (Å²) in [6.45, 7) is 1.41. The third-order valence-corrected chi connectivity index (χ3v) is 7.77. The summed E-state index contributed by atoms with van der Waals surface area (Å²) in [5.74, 6) is 0.358. The Labute approximate surface area is 213 Å². The van der Waals surface area contributed by atoms with Crippen LogP contribution >= 0.6 is 22.9 Å². The van der Waals surface area contributed by atoms with E-state index in [4.69, 9.17) is 16.3 Å². The average molecular weight is 513 g/mol. The number of carbonyl (C=O) groups is 2. The van der Waals surface area contributed by atoms with E-state index >= 15 is 0 Å². The highest BCUT2D eigenvalue weighted by molar-refractivity contribution is 7.10. The van der Waals surface area contributed by atoms with Crippen molar-refractivity contribution in [2.45, 2.75) is 25.3 Å². The number of hydrogen-bond acceptors (Lipinski definition) is 4. The fraction of sp³-hybridized carbons (Fsp3) is 0.333. The van der Waals surface area contributed by atoms with Gasteiger partial charge in [0, 0.05) is 28.6 Å². The highest BCUT2D eigenvalue weighted by Crippen LogP contribution is 2.35. The molecule has 2 aromatic carbocycles. The van der Waals surface area contributed by atoms with Gasteiger partial charge in [0.15, 0.2) is 0 Å². The van der Waals surface area contributed by atoms with Crippen molar-refractivity contribution in [1.82, 2.24) is 9.80 Å². The molecule has 1 atom stereocenters. The Morgan fingerprint density at radius 3 is 2.54 bits per heavy atom. The fourth-order valence-corrected chi connectivity index (χ4v) is 5.50. The zero-order chi connectivity index (χ0) is 24.4. The molecule has 1 aliphatic carbocycles. The summed E-state index contributed by atoms with van der Waals surface area (Å²) < 4.78 is 19.4. The van der Waals surface area contributed by atoms with E-state index in [1.165, 1.54) is 29.1 Å². The van der Waals surface area contributed by atoms with Gasteiger partial charge in [0.05, 0.1) is 6.04 Å². The molecule has 5 rings (SSSR count). The van der Waals surface area contributed by atoms with Crippen LogP contribution in [0.2, 0.25) is 5.02 Å². The first-order chi connectivity index (χ1) is 17.0. The van der Waals surface area contributed by atoms with Gasteiger partial charge in [-0.1, -0.05) is 11.6 Å². The monoisotopic (exact) mass is 512 g/mol. The van der Waals surface area contributed by atoms with E-state index in [0.717, 1.165) is 24.8 Å². The van der Waals surface area contributed by atoms with Gasteiger partial charge in [-0.2, -0.15) is 0 Å². The van der Waals surface area contributed by atoms with E-state index in [2.05, 4.69) is 6.07 Å². The summed E-state index contributed by atoms with van der Waals surface area (Å²) in [7, 11) is 0. The molecule has 5 nitrogen and oxygen atoms in total. The van der Waals surface area contributed by atoms with Gasteiger partial charge < -0.3 is 14.5 Å². The fourth-order valence-electron chi connectivity index (χ4n) is 4.44. The molecule has 0 N–H and O–H groups in total. The number of nitrogens with zero attached hydrogens (tertiary/aromatic N) is 2. The Hall–Kier alpha value is -2.90. The highest BCUT2D eigenvalue weighted by atomic mass is 35.5. The van der Waals surface area contributed by atoms with Gasteiger partial charge in [0.2, 0.25) is 5.91 Å². The number of carbonyl (C=O) groups excluding carboxylic acids is 2. The highest BCUT2D eigenvalue weighted by Gasteiger charge is 2.35. The molecule has 1 aliphatic heterocycles. The third kappa shape index (κ3) is 5.68. The lowest BCUT2D eigenvalue weighted by molar-refractivity contribution is -0.135. The van der Waals surface area contributed by atoms with Gasteiger partial charge in [0.1, 0.15) is 24.7 Å². The lowest BCUT2D eigenvalue weighted by Crippen LogP contribution is -2.48. The topological polar surface area (TPSA) is 49.9 Å². The van der Waals surface area contributed by atoms with Gasteiger partial charge in [-0.3, -0.25) is 9.59 Å². The second-order valence-corrected chi connectivity index (χ2v) is 10.5. The van der Waals surface area contributed by atoms with Crippen LogP contribution in [0.5, 0.6) is 5.75 Å². The molecular weight excluding hydrogens is 487 g/mol. The van der Waals surface area contributed by atoms with Crippen molar-refractivity contribution >= 4 is 34.8 Å².